The molecule has 1 aromatic heterocycles. The van der Waals surface area contributed by atoms with Crippen molar-refractivity contribution in [1.82, 2.24) is 18.8 Å². The van der Waals surface area contributed by atoms with Gasteiger partial charge in [-0.1, -0.05) is 6.07 Å². The normalized spacial score (nSPS) is 20.6. The van der Waals surface area contributed by atoms with Gasteiger partial charge >= 0.3 is 0 Å². The van der Waals surface area contributed by atoms with Crippen molar-refractivity contribution in [2.45, 2.75) is 17.4 Å². The van der Waals surface area contributed by atoms with Gasteiger partial charge in [-0.15, -0.1) is 0 Å². The van der Waals surface area contributed by atoms with Crippen molar-refractivity contribution in [3.8, 4) is 0 Å². The van der Waals surface area contributed by atoms with Gasteiger partial charge in [-0.25, -0.2) is 13.1 Å². The molecular weight excluding hydrogens is 272 g/mol. The highest BCUT2D eigenvalue weighted by Crippen LogP contribution is 2.21. The smallest absolute Gasteiger partial charge is 0.243 e. The number of sulfonamides is 1. The molecule has 1 saturated heterocycles. The van der Waals surface area contributed by atoms with E-state index in [4.69, 9.17) is 0 Å². The second kappa shape index (κ2) is 4.54. The van der Waals surface area contributed by atoms with Crippen LogP contribution in [0.4, 0.5) is 0 Å². The third-order valence-corrected chi connectivity index (χ3v) is 5.02. The first-order chi connectivity index (χ1) is 8.67. The third kappa shape index (κ3) is 2.12. The van der Waals surface area contributed by atoms with E-state index in [2.05, 4.69) is 18.8 Å². The predicted octanol–water partition coefficient (Wildman–Crippen LogP) is 0.331. The summed E-state index contributed by atoms with van der Waals surface area (Å²) in [6, 6.07) is 4.96. The van der Waals surface area contributed by atoms with Crippen LogP contribution in [-0.4, -0.2) is 36.3 Å². The van der Waals surface area contributed by atoms with E-state index in [1.54, 1.807) is 18.2 Å². The zero-order valence-electron chi connectivity index (χ0n) is 9.46. The molecular formula is C10H12N4O2S2. The Balaban J connectivity index is 1.99. The Morgan fingerprint density at radius 1 is 1.39 bits per heavy atom. The number of rotatable bonds is 3. The molecule has 1 unspecified atom stereocenters. The van der Waals surface area contributed by atoms with E-state index in [1.807, 2.05) is 0 Å². The Labute approximate surface area is 109 Å². The highest BCUT2D eigenvalue weighted by molar-refractivity contribution is 7.89. The van der Waals surface area contributed by atoms with Crippen LogP contribution in [0.2, 0.25) is 0 Å². The molecule has 2 heterocycles. The van der Waals surface area contributed by atoms with E-state index in [-0.39, 0.29) is 10.9 Å². The van der Waals surface area contributed by atoms with Gasteiger partial charge in [0.2, 0.25) is 10.0 Å². The topological polar surface area (TPSA) is 84.0 Å². The molecule has 2 N–H and O–H groups in total. The highest BCUT2D eigenvalue weighted by atomic mass is 32.2. The quantitative estimate of drug-likeness (QED) is 0.848. The molecule has 1 aliphatic heterocycles. The van der Waals surface area contributed by atoms with Crippen LogP contribution in [0.15, 0.2) is 23.1 Å². The molecule has 1 atom stereocenters. The largest absolute Gasteiger partial charge is 0.315 e. The minimum absolute atomic E-state index is 0.0446. The summed E-state index contributed by atoms with van der Waals surface area (Å²) in [7, 11) is -3.53. The molecule has 0 bridgehead atoms. The van der Waals surface area contributed by atoms with Gasteiger partial charge in [0.25, 0.3) is 0 Å². The molecule has 3 rings (SSSR count). The molecule has 18 heavy (non-hydrogen) atoms. The summed E-state index contributed by atoms with van der Waals surface area (Å²) in [5, 5.41) is 3.13. The average molecular weight is 284 g/mol. The molecule has 1 aliphatic rings. The fourth-order valence-corrected chi connectivity index (χ4v) is 4.07. The second-order valence-corrected chi connectivity index (χ2v) is 6.41. The molecule has 96 valence electrons. The lowest BCUT2D eigenvalue weighted by atomic mass is 10.3. The molecule has 8 heteroatoms. The Kier molecular flexibility index (Phi) is 3.02. The standard InChI is InChI=1S/C10H12N4O2S2/c15-18(16,14-7-4-5-11-6-7)9-3-1-2-8-10(9)13-17-12-8/h1-3,7,11,14H,4-6H2. The summed E-state index contributed by atoms with van der Waals surface area (Å²) >= 11 is 1.02. The fraction of sp³-hybridized carbons (Fsp3) is 0.400. The van der Waals surface area contributed by atoms with Crippen LogP contribution in [0.1, 0.15) is 6.42 Å². The highest BCUT2D eigenvalue weighted by Gasteiger charge is 2.25. The van der Waals surface area contributed by atoms with Gasteiger partial charge in [0.05, 0.1) is 11.7 Å². The molecule has 0 spiro atoms. The summed E-state index contributed by atoms with van der Waals surface area (Å²) in [4.78, 5) is 0.209. The lowest BCUT2D eigenvalue weighted by Crippen LogP contribution is -2.36. The SMILES string of the molecule is O=S(=O)(NC1CCNC1)c1cccc2nsnc12. The van der Waals surface area contributed by atoms with E-state index >= 15 is 0 Å². The maximum Gasteiger partial charge on any atom is 0.243 e. The third-order valence-electron chi connectivity index (χ3n) is 2.92. The van der Waals surface area contributed by atoms with Gasteiger partial charge in [0, 0.05) is 12.6 Å². The molecule has 0 saturated carbocycles. The van der Waals surface area contributed by atoms with Crippen LogP contribution in [-0.2, 0) is 10.0 Å². The Hall–Kier alpha value is -1.09. The number of nitrogens with zero attached hydrogens (tertiary/aromatic N) is 2. The Bertz CT molecular complexity index is 661. The monoisotopic (exact) mass is 284 g/mol. The van der Waals surface area contributed by atoms with Crippen LogP contribution in [0, 0.1) is 0 Å². The summed E-state index contributed by atoms with van der Waals surface area (Å²) < 4.78 is 35.4. The van der Waals surface area contributed by atoms with Crippen LogP contribution in [0.3, 0.4) is 0 Å². The molecule has 2 aromatic rings. The van der Waals surface area contributed by atoms with Crippen molar-refractivity contribution in [3.63, 3.8) is 0 Å². The van der Waals surface area contributed by atoms with E-state index in [0.717, 1.165) is 24.7 Å². The second-order valence-electron chi connectivity index (χ2n) is 4.20. The molecule has 1 fully saturated rings. The maximum atomic E-state index is 12.3. The van der Waals surface area contributed by atoms with Gasteiger partial charge < -0.3 is 5.32 Å². The van der Waals surface area contributed by atoms with Gasteiger partial charge in [-0.05, 0) is 25.1 Å². The number of hydrogen-bond acceptors (Lipinski definition) is 6. The van der Waals surface area contributed by atoms with Crippen molar-refractivity contribution in [1.29, 1.82) is 0 Å². The zero-order chi connectivity index (χ0) is 12.6. The summed E-state index contributed by atoms with van der Waals surface area (Å²) in [6.45, 7) is 1.51. The molecule has 0 amide bonds. The minimum atomic E-state index is -3.53. The number of aromatic nitrogens is 2. The molecule has 6 nitrogen and oxygen atoms in total. The van der Waals surface area contributed by atoms with Gasteiger partial charge in [-0.3, -0.25) is 0 Å². The first-order valence-electron chi connectivity index (χ1n) is 5.61. The first kappa shape index (κ1) is 12.0. The minimum Gasteiger partial charge on any atom is -0.315 e. The van der Waals surface area contributed by atoms with Crippen molar-refractivity contribution < 1.29 is 8.42 Å². The summed E-state index contributed by atoms with van der Waals surface area (Å²) in [6.07, 6.45) is 0.810. The van der Waals surface area contributed by atoms with E-state index in [1.165, 1.54) is 0 Å². The van der Waals surface area contributed by atoms with E-state index < -0.39 is 10.0 Å². The lowest BCUT2D eigenvalue weighted by molar-refractivity contribution is 0.561. The number of benzene rings is 1. The Morgan fingerprint density at radius 2 is 2.28 bits per heavy atom. The predicted molar refractivity (Wildman–Crippen MR) is 69.0 cm³/mol. The maximum absolute atomic E-state index is 12.3. The number of nitrogens with one attached hydrogen (secondary N) is 2. The van der Waals surface area contributed by atoms with Crippen LogP contribution >= 0.6 is 11.7 Å². The van der Waals surface area contributed by atoms with Gasteiger partial charge in [-0.2, -0.15) is 8.75 Å². The molecule has 0 radical (unpaired) electrons. The summed E-state index contributed by atoms with van der Waals surface area (Å²) in [5.41, 5.74) is 1.06. The molecule has 1 aromatic carbocycles. The van der Waals surface area contributed by atoms with Crippen molar-refractivity contribution in [3.05, 3.63) is 18.2 Å². The van der Waals surface area contributed by atoms with Gasteiger partial charge in [0.15, 0.2) is 0 Å². The Morgan fingerprint density at radius 3 is 3.06 bits per heavy atom. The van der Waals surface area contributed by atoms with Crippen LogP contribution in [0.5, 0.6) is 0 Å². The lowest BCUT2D eigenvalue weighted by Gasteiger charge is -2.11. The first-order valence-corrected chi connectivity index (χ1v) is 7.82. The van der Waals surface area contributed by atoms with Crippen molar-refractivity contribution >= 4 is 32.8 Å². The van der Waals surface area contributed by atoms with E-state index in [9.17, 15) is 8.42 Å². The number of fused-ring (bicyclic) bond motifs is 1. The van der Waals surface area contributed by atoms with Gasteiger partial charge in [0.1, 0.15) is 15.9 Å². The average Bonchev–Trinajstić information content (AvgIpc) is 2.97. The van der Waals surface area contributed by atoms with E-state index in [0.29, 0.717) is 17.6 Å². The van der Waals surface area contributed by atoms with Crippen molar-refractivity contribution in [2.24, 2.45) is 0 Å². The number of hydrogen-bond donors (Lipinski definition) is 2. The fourth-order valence-electron chi connectivity index (χ4n) is 2.04. The summed E-state index contributed by atoms with van der Waals surface area (Å²) in [5.74, 6) is 0. The molecule has 0 aliphatic carbocycles. The van der Waals surface area contributed by atoms with Crippen molar-refractivity contribution in [2.75, 3.05) is 13.1 Å². The zero-order valence-corrected chi connectivity index (χ0v) is 11.1. The van der Waals surface area contributed by atoms with Crippen LogP contribution in [0.25, 0.3) is 11.0 Å². The van der Waals surface area contributed by atoms with Crippen LogP contribution < -0.4 is 10.0 Å².